The Bertz CT molecular complexity index is 1270. The van der Waals surface area contributed by atoms with Gasteiger partial charge in [0.15, 0.2) is 11.5 Å². The minimum Gasteiger partial charge on any atom is -0.496 e. The van der Waals surface area contributed by atoms with Gasteiger partial charge in [0.25, 0.3) is 0 Å². The van der Waals surface area contributed by atoms with E-state index in [1.807, 2.05) is 91.0 Å². The van der Waals surface area contributed by atoms with E-state index in [-0.39, 0.29) is 0 Å². The van der Waals surface area contributed by atoms with Gasteiger partial charge in [-0.3, -0.25) is 0 Å². The lowest BCUT2D eigenvalue weighted by Crippen LogP contribution is -1.88. The molecule has 0 bridgehead atoms. The first-order valence-corrected chi connectivity index (χ1v) is 9.55. The summed E-state index contributed by atoms with van der Waals surface area (Å²) in [6.45, 7) is 0. The molecule has 0 saturated carbocycles. The van der Waals surface area contributed by atoms with Gasteiger partial charge in [0.05, 0.1) is 12.7 Å². The zero-order valence-corrected chi connectivity index (χ0v) is 16.3. The van der Waals surface area contributed by atoms with Crippen LogP contribution in [0.15, 0.2) is 100 Å². The fraction of sp³-hybridized carbons (Fsp3) is 0.0400. The molecule has 0 radical (unpaired) electrons. The molecule has 5 nitrogen and oxygen atoms in total. The van der Waals surface area contributed by atoms with Crippen molar-refractivity contribution in [3.05, 3.63) is 91.0 Å². The van der Waals surface area contributed by atoms with Crippen molar-refractivity contribution < 1.29 is 13.8 Å². The fourth-order valence-corrected chi connectivity index (χ4v) is 3.35. The molecule has 0 atom stereocenters. The quantitative estimate of drug-likeness (QED) is 0.348. The van der Waals surface area contributed by atoms with Crippen LogP contribution >= 0.6 is 0 Å². The van der Waals surface area contributed by atoms with Crippen LogP contribution in [0.3, 0.4) is 0 Å². The van der Waals surface area contributed by atoms with E-state index in [0.717, 1.165) is 33.6 Å². The summed E-state index contributed by atoms with van der Waals surface area (Å²) in [4.78, 5) is 0. The summed E-state index contributed by atoms with van der Waals surface area (Å²) in [5, 5.41) is 8.39. The molecule has 0 N–H and O–H groups in total. The molecule has 5 rings (SSSR count). The number of nitrogens with zero attached hydrogens (tertiary/aromatic N) is 2. The zero-order chi connectivity index (χ0) is 20.3. The molecule has 0 amide bonds. The zero-order valence-electron chi connectivity index (χ0n) is 16.3. The highest BCUT2D eigenvalue weighted by Gasteiger charge is 2.16. The van der Waals surface area contributed by atoms with Crippen LogP contribution in [-0.2, 0) is 0 Å². The van der Waals surface area contributed by atoms with Gasteiger partial charge >= 0.3 is 0 Å². The summed E-state index contributed by atoms with van der Waals surface area (Å²) in [7, 11) is 1.63. The van der Waals surface area contributed by atoms with Gasteiger partial charge in [-0.1, -0.05) is 77.0 Å². The fourth-order valence-electron chi connectivity index (χ4n) is 3.35. The third kappa shape index (κ3) is 3.37. The molecule has 30 heavy (non-hydrogen) atoms. The molecule has 0 aliphatic rings. The number of rotatable bonds is 5. The topological polar surface area (TPSA) is 61.3 Å². The Hall–Kier alpha value is -4.12. The Kier molecular flexibility index (Phi) is 4.62. The van der Waals surface area contributed by atoms with E-state index in [4.69, 9.17) is 13.8 Å². The highest BCUT2D eigenvalue weighted by molar-refractivity contribution is 5.75. The molecule has 146 valence electrons. The molecule has 2 aromatic heterocycles. The monoisotopic (exact) mass is 394 g/mol. The van der Waals surface area contributed by atoms with Crippen LogP contribution in [0.4, 0.5) is 0 Å². The first kappa shape index (κ1) is 17.9. The highest BCUT2D eigenvalue weighted by atomic mass is 16.5. The van der Waals surface area contributed by atoms with Gasteiger partial charge in [-0.05, 0) is 12.1 Å². The van der Waals surface area contributed by atoms with Crippen LogP contribution in [0.25, 0.3) is 45.2 Å². The molecule has 0 saturated heterocycles. The second-order valence-corrected chi connectivity index (χ2v) is 6.80. The molecule has 0 unspecified atom stereocenters. The Labute approximate surface area is 173 Å². The van der Waals surface area contributed by atoms with Crippen molar-refractivity contribution in [2.45, 2.75) is 0 Å². The van der Waals surface area contributed by atoms with E-state index in [1.165, 1.54) is 0 Å². The van der Waals surface area contributed by atoms with Gasteiger partial charge in [0, 0.05) is 28.8 Å². The van der Waals surface area contributed by atoms with Crippen molar-refractivity contribution in [1.82, 2.24) is 10.3 Å². The van der Waals surface area contributed by atoms with Gasteiger partial charge in [-0.15, -0.1) is 0 Å². The summed E-state index contributed by atoms with van der Waals surface area (Å²) >= 11 is 0. The molecule has 0 aliphatic carbocycles. The average Bonchev–Trinajstić information content (AvgIpc) is 3.50. The maximum Gasteiger partial charge on any atom is 0.171 e. The largest absolute Gasteiger partial charge is 0.496 e. The first-order valence-electron chi connectivity index (χ1n) is 9.55. The third-order valence-electron chi connectivity index (χ3n) is 4.91. The van der Waals surface area contributed by atoms with Gasteiger partial charge in [-0.25, -0.2) is 0 Å². The summed E-state index contributed by atoms with van der Waals surface area (Å²) in [6.07, 6.45) is 0. The molecule has 0 fully saturated rings. The van der Waals surface area contributed by atoms with Crippen LogP contribution < -0.4 is 4.74 Å². The van der Waals surface area contributed by atoms with Crippen molar-refractivity contribution in [2.24, 2.45) is 0 Å². The number of hydrogen-bond acceptors (Lipinski definition) is 5. The van der Waals surface area contributed by atoms with Crippen molar-refractivity contribution in [1.29, 1.82) is 0 Å². The smallest absolute Gasteiger partial charge is 0.171 e. The van der Waals surface area contributed by atoms with E-state index < -0.39 is 0 Å². The van der Waals surface area contributed by atoms with Crippen LogP contribution in [0.2, 0.25) is 0 Å². The van der Waals surface area contributed by atoms with Crippen LogP contribution in [-0.4, -0.2) is 17.4 Å². The van der Waals surface area contributed by atoms with Gasteiger partial charge in [0.1, 0.15) is 17.1 Å². The normalized spacial score (nSPS) is 10.8. The number of ether oxygens (including phenoxy) is 1. The number of aromatic nitrogens is 2. The maximum absolute atomic E-state index is 5.62. The Balaban J connectivity index is 1.47. The Morgan fingerprint density at radius 2 is 1.17 bits per heavy atom. The lowest BCUT2D eigenvalue weighted by atomic mass is 10.0. The second-order valence-electron chi connectivity index (χ2n) is 6.80. The van der Waals surface area contributed by atoms with E-state index in [1.54, 1.807) is 7.11 Å². The number of hydrogen-bond donors (Lipinski definition) is 0. The SMILES string of the molecule is COc1cc(-c2cc(-c3ccccc3)no2)ccc1-c1cc(-c2ccccc2)no1. The van der Waals surface area contributed by atoms with E-state index in [2.05, 4.69) is 10.3 Å². The van der Waals surface area contributed by atoms with Crippen molar-refractivity contribution in [3.63, 3.8) is 0 Å². The van der Waals surface area contributed by atoms with Gasteiger partial charge in [0.2, 0.25) is 0 Å². The molecule has 3 aromatic carbocycles. The average molecular weight is 394 g/mol. The summed E-state index contributed by atoms with van der Waals surface area (Å²) in [5.41, 5.74) is 5.26. The predicted octanol–water partition coefficient (Wildman–Crippen LogP) is 6.34. The van der Waals surface area contributed by atoms with Gasteiger partial charge in [-0.2, -0.15) is 0 Å². The van der Waals surface area contributed by atoms with E-state index in [0.29, 0.717) is 17.3 Å². The molecule has 5 aromatic rings. The van der Waals surface area contributed by atoms with Crippen LogP contribution in [0.5, 0.6) is 5.75 Å². The first-order chi connectivity index (χ1) is 14.8. The van der Waals surface area contributed by atoms with E-state index >= 15 is 0 Å². The standard InChI is InChI=1S/C25H18N2O3/c1-28-24-14-19(23-15-21(26-29-23)17-8-4-2-5-9-17)12-13-20(24)25-16-22(27-30-25)18-10-6-3-7-11-18/h2-16H,1H3. The molecular weight excluding hydrogens is 376 g/mol. The molecule has 2 heterocycles. The van der Waals surface area contributed by atoms with Gasteiger partial charge < -0.3 is 13.8 Å². The second kappa shape index (κ2) is 7.72. The highest BCUT2D eigenvalue weighted by Crippen LogP contribution is 2.36. The Morgan fingerprint density at radius 1 is 0.600 bits per heavy atom. The molecular formula is C25H18N2O3. The minimum absolute atomic E-state index is 0.639. The number of methoxy groups -OCH3 is 1. The summed E-state index contributed by atoms with van der Waals surface area (Å²) < 4.78 is 16.8. The van der Waals surface area contributed by atoms with Crippen molar-refractivity contribution >= 4 is 0 Å². The third-order valence-corrected chi connectivity index (χ3v) is 4.91. The predicted molar refractivity (Wildman–Crippen MR) is 115 cm³/mol. The number of benzene rings is 3. The Morgan fingerprint density at radius 3 is 1.77 bits per heavy atom. The lowest BCUT2D eigenvalue weighted by molar-refractivity contribution is 0.406. The maximum atomic E-state index is 5.62. The van der Waals surface area contributed by atoms with E-state index in [9.17, 15) is 0 Å². The summed E-state index contributed by atoms with van der Waals surface area (Å²) in [6, 6.07) is 29.5. The van der Waals surface area contributed by atoms with Crippen LogP contribution in [0, 0.1) is 0 Å². The summed E-state index contributed by atoms with van der Waals surface area (Å²) in [5.74, 6) is 1.97. The van der Waals surface area contributed by atoms with Crippen LogP contribution in [0.1, 0.15) is 0 Å². The molecule has 0 aliphatic heterocycles. The molecule has 0 spiro atoms. The lowest BCUT2D eigenvalue weighted by Gasteiger charge is -2.07. The van der Waals surface area contributed by atoms with Crippen molar-refractivity contribution in [2.75, 3.05) is 7.11 Å². The molecule has 5 heteroatoms. The minimum atomic E-state index is 0.639. The van der Waals surface area contributed by atoms with Crippen molar-refractivity contribution in [3.8, 4) is 50.9 Å².